The van der Waals surface area contributed by atoms with Crippen molar-refractivity contribution in [3.8, 4) is 5.75 Å². The quantitative estimate of drug-likeness (QED) is 0.761. The van der Waals surface area contributed by atoms with Gasteiger partial charge in [-0.3, -0.25) is 0 Å². The van der Waals surface area contributed by atoms with Crippen LogP contribution in [0.5, 0.6) is 5.75 Å². The molecule has 0 radical (unpaired) electrons. The highest BCUT2D eigenvalue weighted by Crippen LogP contribution is 2.13. The fourth-order valence-corrected chi connectivity index (χ4v) is 1.43. The minimum absolute atomic E-state index is 0.720. The molecule has 15 heavy (non-hydrogen) atoms. The van der Waals surface area contributed by atoms with Crippen LogP contribution in [-0.2, 0) is 6.54 Å². The Bertz CT molecular complexity index is 451. The monoisotopic (exact) mass is 203 g/mol. The second-order valence-electron chi connectivity index (χ2n) is 3.41. The minimum atomic E-state index is 0.720. The Balaban J connectivity index is 2.16. The van der Waals surface area contributed by atoms with Crippen molar-refractivity contribution in [2.45, 2.75) is 13.5 Å². The molecule has 0 atom stereocenters. The van der Waals surface area contributed by atoms with Crippen LogP contribution in [0.1, 0.15) is 11.3 Å². The van der Waals surface area contributed by atoms with Crippen molar-refractivity contribution < 1.29 is 4.74 Å². The molecule has 0 saturated carbocycles. The lowest BCUT2D eigenvalue weighted by Gasteiger charge is -2.03. The zero-order chi connectivity index (χ0) is 10.7. The molecule has 1 aromatic carbocycles. The van der Waals surface area contributed by atoms with Crippen LogP contribution < -0.4 is 4.74 Å². The Morgan fingerprint density at radius 3 is 2.93 bits per heavy atom. The molecule has 0 fully saturated rings. The van der Waals surface area contributed by atoms with E-state index in [-0.39, 0.29) is 0 Å². The largest absolute Gasteiger partial charge is 0.497 e. The number of hydrogen-bond acceptors (Lipinski definition) is 3. The average molecular weight is 203 g/mol. The molecule has 0 unspecified atom stereocenters. The summed E-state index contributed by atoms with van der Waals surface area (Å²) in [4.78, 5) is 0. The standard InChI is InChI=1S/C11H13N3O/c1-9-7-14(13-12-9)8-10-4-3-5-11(6-10)15-2/h3-7H,8H2,1-2H3. The van der Waals surface area contributed by atoms with Crippen LogP contribution >= 0.6 is 0 Å². The summed E-state index contributed by atoms with van der Waals surface area (Å²) in [5.74, 6) is 0.865. The van der Waals surface area contributed by atoms with Gasteiger partial charge in [0.05, 0.1) is 19.3 Å². The Morgan fingerprint density at radius 2 is 2.27 bits per heavy atom. The van der Waals surface area contributed by atoms with Gasteiger partial charge in [0.15, 0.2) is 0 Å². The number of rotatable bonds is 3. The van der Waals surface area contributed by atoms with Crippen molar-refractivity contribution in [1.82, 2.24) is 15.0 Å². The van der Waals surface area contributed by atoms with Gasteiger partial charge in [0.25, 0.3) is 0 Å². The first-order valence-electron chi connectivity index (χ1n) is 4.77. The van der Waals surface area contributed by atoms with Gasteiger partial charge in [-0.05, 0) is 24.6 Å². The van der Waals surface area contributed by atoms with Crippen molar-refractivity contribution in [2.24, 2.45) is 0 Å². The van der Waals surface area contributed by atoms with E-state index in [1.807, 2.05) is 42.1 Å². The van der Waals surface area contributed by atoms with Crippen molar-refractivity contribution >= 4 is 0 Å². The average Bonchev–Trinajstić information content (AvgIpc) is 2.64. The second kappa shape index (κ2) is 4.13. The fraction of sp³-hybridized carbons (Fsp3) is 0.273. The zero-order valence-electron chi connectivity index (χ0n) is 8.84. The third-order valence-corrected chi connectivity index (χ3v) is 2.13. The van der Waals surface area contributed by atoms with Crippen LogP contribution in [-0.4, -0.2) is 22.1 Å². The van der Waals surface area contributed by atoms with E-state index >= 15 is 0 Å². The lowest BCUT2D eigenvalue weighted by atomic mass is 10.2. The number of benzene rings is 1. The van der Waals surface area contributed by atoms with E-state index in [1.165, 1.54) is 0 Å². The third-order valence-electron chi connectivity index (χ3n) is 2.13. The van der Waals surface area contributed by atoms with Gasteiger partial charge >= 0.3 is 0 Å². The normalized spacial score (nSPS) is 10.3. The molecule has 0 aliphatic heterocycles. The Kier molecular flexibility index (Phi) is 2.67. The fourth-order valence-electron chi connectivity index (χ4n) is 1.43. The summed E-state index contributed by atoms with van der Waals surface area (Å²) in [5, 5.41) is 7.93. The van der Waals surface area contributed by atoms with E-state index < -0.39 is 0 Å². The van der Waals surface area contributed by atoms with Gasteiger partial charge in [0.1, 0.15) is 5.75 Å². The lowest BCUT2D eigenvalue weighted by Crippen LogP contribution is -2.00. The first-order valence-corrected chi connectivity index (χ1v) is 4.77. The van der Waals surface area contributed by atoms with Gasteiger partial charge in [-0.2, -0.15) is 0 Å². The number of aromatic nitrogens is 3. The van der Waals surface area contributed by atoms with Crippen LogP contribution in [0.3, 0.4) is 0 Å². The van der Waals surface area contributed by atoms with E-state index in [0.717, 1.165) is 23.6 Å². The SMILES string of the molecule is COc1cccc(Cn2cc(C)nn2)c1. The second-order valence-corrected chi connectivity index (χ2v) is 3.41. The molecular formula is C11H13N3O. The lowest BCUT2D eigenvalue weighted by molar-refractivity contribution is 0.414. The summed E-state index contributed by atoms with van der Waals surface area (Å²) in [6.07, 6.45) is 1.92. The van der Waals surface area contributed by atoms with Crippen LogP contribution in [0.2, 0.25) is 0 Å². The maximum Gasteiger partial charge on any atom is 0.119 e. The molecule has 2 aromatic rings. The van der Waals surface area contributed by atoms with Crippen LogP contribution in [0, 0.1) is 6.92 Å². The number of hydrogen-bond donors (Lipinski definition) is 0. The topological polar surface area (TPSA) is 39.9 Å². The maximum absolute atomic E-state index is 5.15. The van der Waals surface area contributed by atoms with Crippen LogP contribution in [0.25, 0.3) is 0 Å². The van der Waals surface area contributed by atoms with Gasteiger partial charge in [0.2, 0.25) is 0 Å². The molecule has 0 amide bonds. The van der Waals surface area contributed by atoms with Crippen LogP contribution in [0.4, 0.5) is 0 Å². The minimum Gasteiger partial charge on any atom is -0.497 e. The van der Waals surface area contributed by atoms with Crippen LogP contribution in [0.15, 0.2) is 30.5 Å². The zero-order valence-corrected chi connectivity index (χ0v) is 8.84. The number of nitrogens with zero attached hydrogens (tertiary/aromatic N) is 3. The molecule has 0 bridgehead atoms. The van der Waals surface area contributed by atoms with Gasteiger partial charge in [-0.1, -0.05) is 17.3 Å². The summed E-state index contributed by atoms with van der Waals surface area (Å²) < 4.78 is 6.96. The predicted molar refractivity (Wildman–Crippen MR) is 56.9 cm³/mol. The van der Waals surface area contributed by atoms with Crippen molar-refractivity contribution in [3.63, 3.8) is 0 Å². The Morgan fingerprint density at radius 1 is 1.40 bits per heavy atom. The molecule has 4 nitrogen and oxygen atoms in total. The van der Waals surface area contributed by atoms with Crippen molar-refractivity contribution in [2.75, 3.05) is 7.11 Å². The van der Waals surface area contributed by atoms with Crippen molar-refractivity contribution in [1.29, 1.82) is 0 Å². The summed E-state index contributed by atoms with van der Waals surface area (Å²) in [7, 11) is 1.67. The summed E-state index contributed by atoms with van der Waals surface area (Å²) >= 11 is 0. The highest BCUT2D eigenvalue weighted by atomic mass is 16.5. The van der Waals surface area contributed by atoms with Gasteiger partial charge < -0.3 is 4.74 Å². The predicted octanol–water partition coefficient (Wildman–Crippen LogP) is 1.64. The molecule has 1 heterocycles. The first-order chi connectivity index (χ1) is 7.28. The van der Waals surface area contributed by atoms with E-state index in [2.05, 4.69) is 10.3 Å². The van der Waals surface area contributed by atoms with E-state index in [4.69, 9.17) is 4.74 Å². The molecule has 0 N–H and O–H groups in total. The molecule has 1 aromatic heterocycles. The van der Waals surface area contributed by atoms with E-state index in [1.54, 1.807) is 7.11 Å². The first kappa shape index (κ1) is 9.71. The molecule has 0 spiro atoms. The van der Waals surface area contributed by atoms with E-state index in [9.17, 15) is 0 Å². The maximum atomic E-state index is 5.15. The Labute approximate surface area is 88.5 Å². The van der Waals surface area contributed by atoms with Gasteiger partial charge in [0, 0.05) is 6.20 Å². The number of methoxy groups -OCH3 is 1. The molecule has 2 rings (SSSR count). The summed E-state index contributed by atoms with van der Waals surface area (Å²) in [5.41, 5.74) is 2.08. The van der Waals surface area contributed by atoms with Crippen molar-refractivity contribution in [3.05, 3.63) is 41.7 Å². The highest BCUT2D eigenvalue weighted by Gasteiger charge is 1.99. The third kappa shape index (κ3) is 2.34. The molecular weight excluding hydrogens is 190 g/mol. The Hall–Kier alpha value is -1.84. The number of aryl methyl sites for hydroxylation is 1. The number of ether oxygens (including phenoxy) is 1. The van der Waals surface area contributed by atoms with Gasteiger partial charge in [-0.25, -0.2) is 4.68 Å². The van der Waals surface area contributed by atoms with E-state index in [0.29, 0.717) is 0 Å². The molecule has 0 aliphatic carbocycles. The molecule has 0 saturated heterocycles. The highest BCUT2D eigenvalue weighted by molar-refractivity contribution is 5.28. The smallest absolute Gasteiger partial charge is 0.119 e. The summed E-state index contributed by atoms with van der Waals surface area (Å²) in [6, 6.07) is 7.94. The summed E-state index contributed by atoms with van der Waals surface area (Å²) in [6.45, 7) is 2.65. The molecule has 4 heteroatoms. The van der Waals surface area contributed by atoms with Gasteiger partial charge in [-0.15, -0.1) is 5.10 Å². The molecule has 78 valence electrons. The molecule has 0 aliphatic rings.